The van der Waals surface area contributed by atoms with Gasteiger partial charge in [0.05, 0.1) is 25.2 Å². The van der Waals surface area contributed by atoms with Gasteiger partial charge in [0.1, 0.15) is 11.5 Å². The molecule has 7 nitrogen and oxygen atoms in total. The average Bonchev–Trinajstić information content (AvgIpc) is 3.22. The molecular weight excluding hydrogens is 370 g/mol. The molecule has 0 spiro atoms. The number of nitrogens with zero attached hydrogens (tertiary/aromatic N) is 1. The SMILES string of the molecule is COc1ccccc1OCC(=O)N(Cc1ccc(C)o1)C1CCS(=O)(=O)C1. The van der Waals surface area contributed by atoms with Crippen molar-refractivity contribution in [3.05, 3.63) is 47.9 Å². The standard InChI is InChI=1S/C19H23NO6S/c1-14-7-8-16(26-14)11-20(15-9-10-27(22,23)13-15)19(21)12-25-18-6-4-3-5-17(18)24-2/h3-8,15H,9-13H2,1-2H3. The number of hydrogen-bond donors (Lipinski definition) is 0. The molecule has 1 atom stereocenters. The highest BCUT2D eigenvalue weighted by Crippen LogP contribution is 2.26. The number of benzene rings is 1. The maximum atomic E-state index is 12.8. The van der Waals surface area contributed by atoms with Gasteiger partial charge in [0.25, 0.3) is 5.91 Å². The Hall–Kier alpha value is -2.48. The van der Waals surface area contributed by atoms with Crippen LogP contribution in [0, 0.1) is 6.92 Å². The zero-order chi connectivity index (χ0) is 19.4. The van der Waals surface area contributed by atoms with E-state index in [1.54, 1.807) is 24.3 Å². The largest absolute Gasteiger partial charge is 0.493 e. The summed E-state index contributed by atoms with van der Waals surface area (Å²) in [4.78, 5) is 14.4. The summed E-state index contributed by atoms with van der Waals surface area (Å²) in [6.45, 7) is 1.82. The first kappa shape index (κ1) is 19.3. The number of para-hydroxylation sites is 2. The number of sulfone groups is 1. The molecule has 1 aliphatic rings. The van der Waals surface area contributed by atoms with E-state index >= 15 is 0 Å². The van der Waals surface area contributed by atoms with E-state index in [0.717, 1.165) is 5.76 Å². The van der Waals surface area contributed by atoms with Gasteiger partial charge in [-0.25, -0.2) is 8.42 Å². The molecule has 1 aromatic carbocycles. The summed E-state index contributed by atoms with van der Waals surface area (Å²) in [6, 6.07) is 10.3. The van der Waals surface area contributed by atoms with Crippen LogP contribution in [0.4, 0.5) is 0 Å². The molecule has 1 aliphatic heterocycles. The first-order valence-corrected chi connectivity index (χ1v) is 10.5. The molecule has 2 heterocycles. The molecule has 0 bridgehead atoms. The topological polar surface area (TPSA) is 86.1 Å². The maximum absolute atomic E-state index is 12.8. The minimum Gasteiger partial charge on any atom is -0.493 e. The van der Waals surface area contributed by atoms with Gasteiger partial charge >= 0.3 is 0 Å². The highest BCUT2D eigenvalue weighted by molar-refractivity contribution is 7.91. The zero-order valence-corrected chi connectivity index (χ0v) is 16.2. The Labute approximate surface area is 158 Å². The molecule has 8 heteroatoms. The molecule has 3 rings (SSSR count). The second-order valence-electron chi connectivity index (χ2n) is 6.53. The fourth-order valence-electron chi connectivity index (χ4n) is 3.14. The number of ether oxygens (including phenoxy) is 2. The summed E-state index contributed by atoms with van der Waals surface area (Å²) in [5.41, 5.74) is 0. The molecule has 27 heavy (non-hydrogen) atoms. The van der Waals surface area contributed by atoms with Crippen LogP contribution in [0.1, 0.15) is 17.9 Å². The van der Waals surface area contributed by atoms with Crippen molar-refractivity contribution in [3.63, 3.8) is 0 Å². The van der Waals surface area contributed by atoms with Gasteiger partial charge in [-0.3, -0.25) is 4.79 Å². The molecule has 1 saturated heterocycles. The number of rotatable bonds is 7. The van der Waals surface area contributed by atoms with Crippen molar-refractivity contribution in [3.8, 4) is 11.5 Å². The number of hydrogen-bond acceptors (Lipinski definition) is 6. The quantitative estimate of drug-likeness (QED) is 0.717. The molecule has 1 aromatic heterocycles. The summed E-state index contributed by atoms with van der Waals surface area (Å²) < 4.78 is 40.2. The van der Waals surface area contributed by atoms with Gasteiger partial charge in [-0.2, -0.15) is 0 Å². The Balaban J connectivity index is 1.74. The lowest BCUT2D eigenvalue weighted by molar-refractivity contribution is -0.136. The number of aryl methyl sites for hydroxylation is 1. The van der Waals surface area contributed by atoms with E-state index in [4.69, 9.17) is 13.9 Å². The number of carbonyl (C=O) groups excluding carboxylic acids is 1. The summed E-state index contributed by atoms with van der Waals surface area (Å²) >= 11 is 0. The van der Waals surface area contributed by atoms with Crippen LogP contribution in [0.2, 0.25) is 0 Å². The van der Waals surface area contributed by atoms with E-state index in [9.17, 15) is 13.2 Å². The Morgan fingerprint density at radius 1 is 1.22 bits per heavy atom. The number of furan rings is 1. The third-order valence-electron chi connectivity index (χ3n) is 4.51. The summed E-state index contributed by atoms with van der Waals surface area (Å²) in [7, 11) is -1.60. The minimum atomic E-state index is -3.12. The lowest BCUT2D eigenvalue weighted by atomic mass is 10.2. The van der Waals surface area contributed by atoms with Crippen LogP contribution in [0.25, 0.3) is 0 Å². The van der Waals surface area contributed by atoms with Crippen molar-refractivity contribution in [1.29, 1.82) is 0 Å². The predicted octanol–water partition coefficient (Wildman–Crippen LogP) is 2.19. The minimum absolute atomic E-state index is 0.0346. The molecule has 2 aromatic rings. The lowest BCUT2D eigenvalue weighted by Gasteiger charge is -2.27. The summed E-state index contributed by atoms with van der Waals surface area (Å²) in [5, 5.41) is 0. The van der Waals surface area contributed by atoms with Gasteiger partial charge in [0, 0.05) is 6.04 Å². The van der Waals surface area contributed by atoms with Gasteiger partial charge in [-0.05, 0) is 37.6 Å². The van der Waals surface area contributed by atoms with Crippen molar-refractivity contribution in [2.45, 2.75) is 25.9 Å². The third kappa shape index (κ3) is 4.82. The highest BCUT2D eigenvalue weighted by Gasteiger charge is 2.35. The van der Waals surface area contributed by atoms with Gasteiger partial charge in [0.2, 0.25) is 0 Å². The van der Waals surface area contributed by atoms with E-state index in [2.05, 4.69) is 0 Å². The van der Waals surface area contributed by atoms with E-state index in [1.165, 1.54) is 12.0 Å². The first-order valence-electron chi connectivity index (χ1n) is 8.69. The van der Waals surface area contributed by atoms with Crippen molar-refractivity contribution in [1.82, 2.24) is 4.90 Å². The fraction of sp³-hybridized carbons (Fsp3) is 0.421. The molecule has 1 amide bonds. The Morgan fingerprint density at radius 2 is 1.96 bits per heavy atom. The van der Waals surface area contributed by atoms with Gasteiger partial charge in [-0.15, -0.1) is 0 Å². The highest BCUT2D eigenvalue weighted by atomic mass is 32.2. The molecule has 1 unspecified atom stereocenters. The number of carbonyl (C=O) groups is 1. The van der Waals surface area contributed by atoms with Gasteiger partial charge in [-0.1, -0.05) is 12.1 Å². The number of amides is 1. The Bertz CT molecular complexity index is 904. The average molecular weight is 393 g/mol. The van der Waals surface area contributed by atoms with E-state index in [-0.39, 0.29) is 36.6 Å². The van der Waals surface area contributed by atoms with Crippen LogP contribution in [0.15, 0.2) is 40.8 Å². The molecular formula is C19H23NO6S. The predicted molar refractivity (Wildman–Crippen MR) is 99.5 cm³/mol. The molecule has 0 aliphatic carbocycles. The maximum Gasteiger partial charge on any atom is 0.261 e. The molecule has 0 radical (unpaired) electrons. The molecule has 0 saturated carbocycles. The van der Waals surface area contributed by atoms with Crippen molar-refractivity contribution in [2.75, 3.05) is 25.2 Å². The van der Waals surface area contributed by atoms with Crippen molar-refractivity contribution >= 4 is 15.7 Å². The lowest BCUT2D eigenvalue weighted by Crippen LogP contribution is -2.43. The van der Waals surface area contributed by atoms with Crippen LogP contribution in [0.3, 0.4) is 0 Å². The van der Waals surface area contributed by atoms with Crippen molar-refractivity contribution in [2.24, 2.45) is 0 Å². The zero-order valence-electron chi connectivity index (χ0n) is 15.4. The fourth-order valence-corrected chi connectivity index (χ4v) is 4.87. The van der Waals surface area contributed by atoms with Gasteiger partial charge < -0.3 is 18.8 Å². The summed E-state index contributed by atoms with van der Waals surface area (Å²) in [6.07, 6.45) is 0.419. The molecule has 0 N–H and O–H groups in total. The van der Waals surface area contributed by atoms with Gasteiger partial charge in [0.15, 0.2) is 27.9 Å². The molecule has 1 fully saturated rings. The summed E-state index contributed by atoms with van der Waals surface area (Å²) in [5.74, 6) is 2.10. The second-order valence-corrected chi connectivity index (χ2v) is 8.76. The van der Waals surface area contributed by atoms with Crippen LogP contribution >= 0.6 is 0 Å². The van der Waals surface area contributed by atoms with Crippen LogP contribution in [-0.4, -0.2) is 50.5 Å². The van der Waals surface area contributed by atoms with E-state index < -0.39 is 9.84 Å². The number of methoxy groups -OCH3 is 1. The Morgan fingerprint density at radius 3 is 2.56 bits per heavy atom. The van der Waals surface area contributed by atoms with E-state index in [1.807, 2.05) is 19.1 Å². The van der Waals surface area contributed by atoms with Crippen LogP contribution in [-0.2, 0) is 21.2 Å². The Kier molecular flexibility index (Phi) is 5.74. The second kappa shape index (κ2) is 8.04. The van der Waals surface area contributed by atoms with Crippen LogP contribution in [0.5, 0.6) is 11.5 Å². The normalized spacial score (nSPS) is 18.2. The smallest absolute Gasteiger partial charge is 0.261 e. The monoisotopic (exact) mass is 393 g/mol. The molecule has 146 valence electrons. The van der Waals surface area contributed by atoms with Crippen LogP contribution < -0.4 is 9.47 Å². The third-order valence-corrected chi connectivity index (χ3v) is 6.26. The van der Waals surface area contributed by atoms with Crippen molar-refractivity contribution < 1.29 is 27.1 Å². The van der Waals surface area contributed by atoms with E-state index in [0.29, 0.717) is 23.7 Å². The first-order chi connectivity index (χ1) is 12.9.